The fraction of sp³-hybridized carbons (Fsp3) is 0.261. The minimum atomic E-state index is -0.393. The maximum atomic E-state index is 12.9. The molecule has 2 amide bonds. The number of para-hydroxylation sites is 2. The van der Waals surface area contributed by atoms with E-state index in [0.29, 0.717) is 24.6 Å². The Balaban J connectivity index is 1.40. The molecular formula is C23H23N3O3S. The zero-order valence-electron chi connectivity index (χ0n) is 16.7. The third kappa shape index (κ3) is 4.52. The number of amides is 2. The van der Waals surface area contributed by atoms with Gasteiger partial charge in [-0.15, -0.1) is 11.3 Å². The molecule has 7 heteroatoms. The summed E-state index contributed by atoms with van der Waals surface area (Å²) >= 11 is 1.51. The largest absolute Gasteiger partial charge is 0.485 e. The van der Waals surface area contributed by atoms with E-state index in [1.165, 1.54) is 11.3 Å². The Morgan fingerprint density at radius 2 is 2.00 bits per heavy atom. The van der Waals surface area contributed by atoms with Crippen LogP contribution in [0.1, 0.15) is 30.6 Å². The van der Waals surface area contributed by atoms with Gasteiger partial charge in [-0.3, -0.25) is 9.59 Å². The Labute approximate surface area is 179 Å². The molecule has 1 N–H and O–H groups in total. The third-order valence-electron chi connectivity index (χ3n) is 5.28. The maximum absolute atomic E-state index is 12.9. The van der Waals surface area contributed by atoms with Crippen LogP contribution in [0.5, 0.6) is 5.75 Å². The van der Waals surface area contributed by atoms with Crippen molar-refractivity contribution >= 4 is 28.8 Å². The highest BCUT2D eigenvalue weighted by atomic mass is 32.1. The molecule has 6 nitrogen and oxygen atoms in total. The normalized spacial score (nSPS) is 17.0. The highest BCUT2D eigenvalue weighted by Gasteiger charge is 2.37. The van der Waals surface area contributed by atoms with Crippen LogP contribution in [0, 0.1) is 5.92 Å². The van der Waals surface area contributed by atoms with Crippen LogP contribution < -0.4 is 10.1 Å². The first-order valence-electron chi connectivity index (χ1n) is 9.86. The van der Waals surface area contributed by atoms with Crippen molar-refractivity contribution in [1.29, 1.82) is 0 Å². The number of rotatable bonds is 7. The van der Waals surface area contributed by atoms with Gasteiger partial charge in [-0.1, -0.05) is 42.5 Å². The molecule has 2 unspecified atom stereocenters. The summed E-state index contributed by atoms with van der Waals surface area (Å²) in [6.45, 7) is 2.73. The molecule has 1 aliphatic rings. The Bertz CT molecular complexity index is 1010. The predicted molar refractivity (Wildman–Crippen MR) is 116 cm³/mol. The van der Waals surface area contributed by atoms with Gasteiger partial charge in [0.15, 0.2) is 0 Å². The van der Waals surface area contributed by atoms with E-state index in [0.717, 1.165) is 11.3 Å². The highest BCUT2D eigenvalue weighted by molar-refractivity contribution is 7.07. The number of nitrogens with zero attached hydrogens (tertiary/aromatic N) is 2. The number of thiazole rings is 1. The Morgan fingerprint density at radius 1 is 1.23 bits per heavy atom. The standard InChI is InChI=1S/C23H23N3O3S/c1-16(17-7-3-2-4-8-17)26-12-18(11-22(26)27)23(28)25-20-9-5-6-10-21(20)29-13-19-14-30-15-24-19/h2-10,14-16,18H,11-13H2,1H3,(H,25,28). The van der Waals surface area contributed by atoms with E-state index in [9.17, 15) is 9.59 Å². The van der Waals surface area contributed by atoms with Crippen molar-refractivity contribution in [3.8, 4) is 5.75 Å². The van der Waals surface area contributed by atoms with E-state index >= 15 is 0 Å². The van der Waals surface area contributed by atoms with Gasteiger partial charge in [0.1, 0.15) is 12.4 Å². The fourth-order valence-electron chi connectivity index (χ4n) is 3.58. The Morgan fingerprint density at radius 3 is 2.77 bits per heavy atom. The van der Waals surface area contributed by atoms with E-state index in [1.54, 1.807) is 16.5 Å². The number of ether oxygens (including phenoxy) is 1. The van der Waals surface area contributed by atoms with Crippen LogP contribution in [-0.2, 0) is 16.2 Å². The predicted octanol–water partition coefficient (Wildman–Crippen LogP) is 4.27. The number of aromatic nitrogens is 1. The number of hydrogen-bond donors (Lipinski definition) is 1. The second-order valence-electron chi connectivity index (χ2n) is 7.29. The summed E-state index contributed by atoms with van der Waals surface area (Å²) in [6.07, 6.45) is 0.213. The van der Waals surface area contributed by atoms with Crippen LogP contribution >= 0.6 is 11.3 Å². The van der Waals surface area contributed by atoms with Gasteiger partial charge in [-0.2, -0.15) is 0 Å². The first-order valence-corrected chi connectivity index (χ1v) is 10.8. The monoisotopic (exact) mass is 421 g/mol. The van der Waals surface area contributed by atoms with Crippen molar-refractivity contribution in [1.82, 2.24) is 9.88 Å². The molecule has 0 spiro atoms. The van der Waals surface area contributed by atoms with E-state index in [4.69, 9.17) is 4.74 Å². The molecule has 0 aliphatic carbocycles. The lowest BCUT2D eigenvalue weighted by atomic mass is 10.1. The van der Waals surface area contributed by atoms with Gasteiger partial charge >= 0.3 is 0 Å². The summed E-state index contributed by atoms with van der Waals surface area (Å²) in [4.78, 5) is 31.5. The second-order valence-corrected chi connectivity index (χ2v) is 8.01. The minimum Gasteiger partial charge on any atom is -0.485 e. The molecule has 2 atom stereocenters. The zero-order chi connectivity index (χ0) is 20.9. The van der Waals surface area contributed by atoms with Crippen LogP contribution in [0.25, 0.3) is 0 Å². The topological polar surface area (TPSA) is 71.5 Å². The van der Waals surface area contributed by atoms with Crippen LogP contribution in [0.2, 0.25) is 0 Å². The molecule has 0 bridgehead atoms. The van der Waals surface area contributed by atoms with Gasteiger partial charge in [0.25, 0.3) is 0 Å². The molecule has 4 rings (SSSR count). The average Bonchev–Trinajstić information content (AvgIpc) is 3.43. The fourth-order valence-corrected chi connectivity index (χ4v) is 4.13. The molecule has 1 saturated heterocycles. The highest BCUT2D eigenvalue weighted by Crippen LogP contribution is 2.30. The first-order chi connectivity index (χ1) is 14.6. The van der Waals surface area contributed by atoms with Gasteiger partial charge in [0.05, 0.1) is 28.9 Å². The minimum absolute atomic E-state index is 0.000398. The molecule has 1 aromatic heterocycles. The van der Waals surface area contributed by atoms with Crippen LogP contribution in [0.15, 0.2) is 65.5 Å². The van der Waals surface area contributed by atoms with Crippen LogP contribution in [0.3, 0.4) is 0 Å². The van der Waals surface area contributed by atoms with Crippen molar-refractivity contribution in [3.63, 3.8) is 0 Å². The van der Waals surface area contributed by atoms with Crippen LogP contribution in [0.4, 0.5) is 5.69 Å². The summed E-state index contributed by atoms with van der Waals surface area (Å²) in [5.74, 6) is 0.0170. The van der Waals surface area contributed by atoms with E-state index in [-0.39, 0.29) is 24.3 Å². The molecular weight excluding hydrogens is 398 g/mol. The van der Waals surface area contributed by atoms with Gasteiger partial charge in [0, 0.05) is 18.3 Å². The second kappa shape index (κ2) is 9.09. The molecule has 0 saturated carbocycles. The molecule has 1 aliphatic heterocycles. The number of carbonyl (C=O) groups is 2. The van der Waals surface area contributed by atoms with E-state index in [1.807, 2.05) is 60.8 Å². The Hall–Kier alpha value is -3.19. The molecule has 30 heavy (non-hydrogen) atoms. The summed E-state index contributed by atoms with van der Waals surface area (Å²) in [6, 6.07) is 17.1. The zero-order valence-corrected chi connectivity index (χ0v) is 17.5. The lowest BCUT2D eigenvalue weighted by Gasteiger charge is -2.25. The van der Waals surface area contributed by atoms with Gasteiger partial charge in [-0.25, -0.2) is 4.98 Å². The van der Waals surface area contributed by atoms with Crippen molar-refractivity contribution < 1.29 is 14.3 Å². The molecule has 2 aromatic carbocycles. The summed E-state index contributed by atoms with van der Waals surface area (Å²) in [7, 11) is 0. The van der Waals surface area contributed by atoms with E-state index in [2.05, 4.69) is 10.3 Å². The number of carbonyl (C=O) groups excluding carboxylic acids is 2. The number of nitrogens with one attached hydrogen (secondary N) is 1. The van der Waals surface area contributed by atoms with Crippen LogP contribution in [-0.4, -0.2) is 28.2 Å². The molecule has 3 aromatic rings. The maximum Gasteiger partial charge on any atom is 0.229 e. The smallest absolute Gasteiger partial charge is 0.229 e. The van der Waals surface area contributed by atoms with Crippen molar-refractivity contribution in [3.05, 3.63) is 76.7 Å². The number of benzene rings is 2. The summed E-state index contributed by atoms with van der Waals surface area (Å²) in [5, 5.41) is 4.87. The van der Waals surface area contributed by atoms with E-state index < -0.39 is 5.92 Å². The first kappa shape index (κ1) is 20.1. The molecule has 154 valence electrons. The van der Waals surface area contributed by atoms with Gasteiger partial charge in [0.2, 0.25) is 11.8 Å². The molecule has 0 radical (unpaired) electrons. The molecule has 2 heterocycles. The summed E-state index contributed by atoms with van der Waals surface area (Å²) in [5.41, 5.74) is 4.26. The van der Waals surface area contributed by atoms with Crippen molar-refractivity contribution in [2.24, 2.45) is 5.92 Å². The third-order valence-corrected chi connectivity index (χ3v) is 5.92. The van der Waals surface area contributed by atoms with Gasteiger partial charge in [-0.05, 0) is 24.6 Å². The number of hydrogen-bond acceptors (Lipinski definition) is 5. The van der Waals surface area contributed by atoms with Crippen molar-refractivity contribution in [2.45, 2.75) is 26.0 Å². The number of likely N-dealkylation sites (tertiary alicyclic amines) is 1. The lowest BCUT2D eigenvalue weighted by Crippen LogP contribution is -2.30. The molecule has 1 fully saturated rings. The van der Waals surface area contributed by atoms with Gasteiger partial charge < -0.3 is 15.0 Å². The summed E-state index contributed by atoms with van der Waals surface area (Å²) < 4.78 is 5.84. The Kier molecular flexibility index (Phi) is 6.09. The average molecular weight is 422 g/mol. The number of anilines is 1. The van der Waals surface area contributed by atoms with Crippen molar-refractivity contribution in [2.75, 3.05) is 11.9 Å². The quantitative estimate of drug-likeness (QED) is 0.618. The lowest BCUT2D eigenvalue weighted by molar-refractivity contribution is -0.129. The SMILES string of the molecule is CC(c1ccccc1)N1CC(C(=O)Nc2ccccc2OCc2cscn2)CC1=O.